The number of aryl methyl sites for hydroxylation is 1. The van der Waals surface area contributed by atoms with Crippen molar-refractivity contribution in [3.8, 4) is 0 Å². The van der Waals surface area contributed by atoms with Gasteiger partial charge in [0.2, 0.25) is 5.91 Å². The molecule has 2 aromatic rings. The van der Waals surface area contributed by atoms with Crippen molar-refractivity contribution in [2.75, 3.05) is 16.8 Å². The molecule has 2 rings (SSSR count). The molecular formula is C15H15IN2OS. The van der Waals surface area contributed by atoms with Crippen LogP contribution in [0.15, 0.2) is 47.4 Å². The SMILES string of the molecule is Cc1ccc(N)c(SCC(=O)Nc2cccc(I)c2)c1. The number of amides is 1. The van der Waals surface area contributed by atoms with Gasteiger partial charge in [-0.2, -0.15) is 0 Å². The van der Waals surface area contributed by atoms with Gasteiger partial charge in [-0.15, -0.1) is 11.8 Å². The van der Waals surface area contributed by atoms with Gasteiger partial charge < -0.3 is 11.1 Å². The topological polar surface area (TPSA) is 55.1 Å². The van der Waals surface area contributed by atoms with Gasteiger partial charge in [-0.3, -0.25) is 4.79 Å². The smallest absolute Gasteiger partial charge is 0.234 e. The van der Waals surface area contributed by atoms with E-state index < -0.39 is 0 Å². The van der Waals surface area contributed by atoms with Crippen molar-refractivity contribution >= 4 is 51.6 Å². The van der Waals surface area contributed by atoms with Crippen LogP contribution in [0, 0.1) is 10.5 Å². The third kappa shape index (κ3) is 4.42. The van der Waals surface area contributed by atoms with Crippen LogP contribution in [0.1, 0.15) is 5.56 Å². The van der Waals surface area contributed by atoms with Crippen LogP contribution in [0.4, 0.5) is 11.4 Å². The van der Waals surface area contributed by atoms with Gasteiger partial charge in [-0.05, 0) is 65.4 Å². The van der Waals surface area contributed by atoms with Gasteiger partial charge >= 0.3 is 0 Å². The molecule has 3 N–H and O–H groups in total. The van der Waals surface area contributed by atoms with E-state index in [0.717, 1.165) is 19.7 Å². The fraction of sp³-hybridized carbons (Fsp3) is 0.133. The highest BCUT2D eigenvalue weighted by atomic mass is 127. The van der Waals surface area contributed by atoms with E-state index in [2.05, 4.69) is 27.9 Å². The molecule has 3 nitrogen and oxygen atoms in total. The minimum atomic E-state index is -0.0297. The second-order valence-corrected chi connectivity index (χ2v) is 6.65. The van der Waals surface area contributed by atoms with Crippen LogP contribution >= 0.6 is 34.4 Å². The Balaban J connectivity index is 1.94. The number of nitrogens with one attached hydrogen (secondary N) is 1. The largest absolute Gasteiger partial charge is 0.398 e. The van der Waals surface area contributed by atoms with Crippen LogP contribution in [0.25, 0.3) is 0 Å². The maximum absolute atomic E-state index is 11.9. The average molecular weight is 398 g/mol. The number of hydrogen-bond donors (Lipinski definition) is 2. The molecule has 0 aromatic heterocycles. The van der Waals surface area contributed by atoms with Crippen LogP contribution in [-0.2, 0) is 4.79 Å². The lowest BCUT2D eigenvalue weighted by molar-refractivity contribution is -0.113. The monoisotopic (exact) mass is 398 g/mol. The average Bonchev–Trinajstić information content (AvgIpc) is 2.40. The van der Waals surface area contributed by atoms with Gasteiger partial charge in [-0.1, -0.05) is 12.1 Å². The zero-order valence-corrected chi connectivity index (χ0v) is 14.0. The fourth-order valence-corrected chi connectivity index (χ4v) is 3.08. The Labute approximate surface area is 136 Å². The Morgan fingerprint density at radius 2 is 2.10 bits per heavy atom. The van der Waals surface area contributed by atoms with Crippen molar-refractivity contribution in [3.63, 3.8) is 0 Å². The van der Waals surface area contributed by atoms with Crippen LogP contribution in [0.3, 0.4) is 0 Å². The first-order valence-electron chi connectivity index (χ1n) is 6.09. The molecule has 1 amide bonds. The third-order valence-electron chi connectivity index (χ3n) is 2.64. The minimum Gasteiger partial charge on any atom is -0.398 e. The molecule has 0 fully saturated rings. The molecule has 0 heterocycles. The molecule has 0 spiro atoms. The van der Waals surface area contributed by atoms with Crippen LogP contribution in [0.5, 0.6) is 0 Å². The maximum Gasteiger partial charge on any atom is 0.234 e. The lowest BCUT2D eigenvalue weighted by atomic mass is 10.2. The second-order valence-electron chi connectivity index (χ2n) is 4.39. The fourth-order valence-electron chi connectivity index (χ4n) is 1.67. The van der Waals surface area contributed by atoms with Crippen molar-refractivity contribution < 1.29 is 4.79 Å². The number of hydrogen-bond acceptors (Lipinski definition) is 3. The zero-order valence-electron chi connectivity index (χ0n) is 11.0. The summed E-state index contributed by atoms with van der Waals surface area (Å²) in [6.45, 7) is 2.01. The number of halogens is 1. The summed E-state index contributed by atoms with van der Waals surface area (Å²) in [6.07, 6.45) is 0. The molecule has 0 saturated heterocycles. The number of nitrogen functional groups attached to an aromatic ring is 1. The quantitative estimate of drug-likeness (QED) is 0.467. The zero-order chi connectivity index (χ0) is 14.5. The number of thioether (sulfide) groups is 1. The highest BCUT2D eigenvalue weighted by molar-refractivity contribution is 14.1. The van der Waals surface area contributed by atoms with Crippen molar-refractivity contribution in [1.29, 1.82) is 0 Å². The van der Waals surface area contributed by atoms with Gasteiger partial charge in [0.25, 0.3) is 0 Å². The van der Waals surface area contributed by atoms with E-state index in [1.54, 1.807) is 0 Å². The summed E-state index contributed by atoms with van der Waals surface area (Å²) >= 11 is 3.67. The van der Waals surface area contributed by atoms with Crippen LogP contribution in [-0.4, -0.2) is 11.7 Å². The molecule has 104 valence electrons. The summed E-state index contributed by atoms with van der Waals surface area (Å²) in [4.78, 5) is 12.9. The van der Waals surface area contributed by atoms with Gasteiger partial charge in [0.1, 0.15) is 0 Å². The summed E-state index contributed by atoms with van der Waals surface area (Å²) in [6, 6.07) is 13.6. The highest BCUT2D eigenvalue weighted by Gasteiger charge is 2.06. The predicted molar refractivity (Wildman–Crippen MR) is 94.1 cm³/mol. The minimum absolute atomic E-state index is 0.0297. The van der Waals surface area contributed by atoms with E-state index in [4.69, 9.17) is 5.73 Å². The predicted octanol–water partition coefficient (Wildman–Crippen LogP) is 3.91. The number of nitrogens with two attached hydrogens (primary N) is 1. The van der Waals surface area contributed by atoms with Crippen molar-refractivity contribution in [3.05, 3.63) is 51.6 Å². The van der Waals surface area contributed by atoms with E-state index in [1.165, 1.54) is 11.8 Å². The molecule has 5 heteroatoms. The molecule has 0 atom stereocenters. The number of rotatable bonds is 4. The van der Waals surface area contributed by atoms with E-state index in [1.807, 2.05) is 49.4 Å². The van der Waals surface area contributed by atoms with E-state index in [9.17, 15) is 4.79 Å². The highest BCUT2D eigenvalue weighted by Crippen LogP contribution is 2.26. The Morgan fingerprint density at radius 3 is 2.85 bits per heavy atom. The lowest BCUT2D eigenvalue weighted by Crippen LogP contribution is -2.14. The molecule has 0 saturated carbocycles. The van der Waals surface area contributed by atoms with Crippen LogP contribution < -0.4 is 11.1 Å². The van der Waals surface area contributed by atoms with Crippen molar-refractivity contribution in [2.45, 2.75) is 11.8 Å². The molecule has 0 radical (unpaired) electrons. The molecule has 0 bridgehead atoms. The first-order valence-corrected chi connectivity index (χ1v) is 8.15. The molecule has 20 heavy (non-hydrogen) atoms. The summed E-state index contributed by atoms with van der Waals surface area (Å²) in [5.74, 6) is 0.317. The molecule has 0 aliphatic heterocycles. The first-order chi connectivity index (χ1) is 9.54. The van der Waals surface area contributed by atoms with E-state index in [-0.39, 0.29) is 5.91 Å². The number of benzene rings is 2. The van der Waals surface area contributed by atoms with Crippen molar-refractivity contribution in [1.82, 2.24) is 0 Å². The Bertz CT molecular complexity index is 631. The summed E-state index contributed by atoms with van der Waals surface area (Å²) < 4.78 is 1.09. The molecule has 2 aromatic carbocycles. The maximum atomic E-state index is 11.9. The van der Waals surface area contributed by atoms with Gasteiger partial charge in [0, 0.05) is 19.8 Å². The lowest BCUT2D eigenvalue weighted by Gasteiger charge is -2.08. The summed E-state index contributed by atoms with van der Waals surface area (Å²) in [7, 11) is 0. The first kappa shape index (κ1) is 15.2. The Hall–Kier alpha value is -1.21. The van der Waals surface area contributed by atoms with E-state index in [0.29, 0.717) is 11.4 Å². The molecular weight excluding hydrogens is 383 g/mol. The van der Waals surface area contributed by atoms with Gasteiger partial charge in [0.15, 0.2) is 0 Å². The molecule has 0 aliphatic rings. The number of anilines is 2. The summed E-state index contributed by atoms with van der Waals surface area (Å²) in [5, 5.41) is 2.88. The number of carbonyl (C=O) groups excluding carboxylic acids is 1. The standard InChI is InChI=1S/C15H15IN2OS/c1-10-5-6-13(17)14(7-10)20-9-15(19)18-12-4-2-3-11(16)8-12/h2-8H,9,17H2,1H3,(H,18,19). The van der Waals surface area contributed by atoms with Crippen molar-refractivity contribution in [2.24, 2.45) is 0 Å². The van der Waals surface area contributed by atoms with Crippen LogP contribution in [0.2, 0.25) is 0 Å². The Morgan fingerprint density at radius 1 is 1.30 bits per heavy atom. The third-order valence-corrected chi connectivity index (χ3v) is 4.38. The second kappa shape index (κ2) is 6.99. The Kier molecular flexibility index (Phi) is 5.31. The normalized spacial score (nSPS) is 10.3. The summed E-state index contributed by atoms with van der Waals surface area (Å²) in [5.41, 5.74) is 8.56. The molecule has 0 unspecified atom stereocenters. The van der Waals surface area contributed by atoms with Gasteiger partial charge in [0.05, 0.1) is 5.75 Å². The van der Waals surface area contributed by atoms with Gasteiger partial charge in [-0.25, -0.2) is 0 Å². The number of carbonyl (C=O) groups is 1. The molecule has 0 aliphatic carbocycles. The van der Waals surface area contributed by atoms with E-state index >= 15 is 0 Å².